The highest BCUT2D eigenvalue weighted by Crippen LogP contribution is 2.25. The quantitative estimate of drug-likeness (QED) is 0.896. The van der Waals surface area contributed by atoms with Gasteiger partial charge in [-0.2, -0.15) is 0 Å². The summed E-state index contributed by atoms with van der Waals surface area (Å²) < 4.78 is 25.1. The van der Waals surface area contributed by atoms with E-state index >= 15 is 0 Å². The number of hydrogen-bond donors (Lipinski definition) is 2. The molecule has 0 spiro atoms. The van der Waals surface area contributed by atoms with Gasteiger partial charge in [-0.25, -0.2) is 8.42 Å². The number of rotatable bonds is 4. The van der Waals surface area contributed by atoms with Crippen LogP contribution in [0.15, 0.2) is 58.3 Å². The summed E-state index contributed by atoms with van der Waals surface area (Å²) in [5.41, 5.74) is 5.84. The Kier molecular flexibility index (Phi) is 4.85. The lowest BCUT2D eigenvalue weighted by atomic mass is 10.3. The van der Waals surface area contributed by atoms with E-state index in [2.05, 4.69) is 5.32 Å². The fourth-order valence-electron chi connectivity index (χ4n) is 1.77. The maximum Gasteiger partial charge on any atom is 0.240 e. The smallest absolute Gasteiger partial charge is 0.240 e. The van der Waals surface area contributed by atoms with Gasteiger partial charge in [0.15, 0.2) is 0 Å². The number of nitrogens with two attached hydrogens (primary N) is 1. The summed E-state index contributed by atoms with van der Waals surface area (Å²) in [6.07, 6.45) is 0. The highest BCUT2D eigenvalue weighted by atomic mass is 35.5. The van der Waals surface area contributed by atoms with Crippen molar-refractivity contribution in [3.05, 3.63) is 53.6 Å². The van der Waals surface area contributed by atoms with Crippen LogP contribution < -0.4 is 11.1 Å². The lowest BCUT2D eigenvalue weighted by Crippen LogP contribution is -2.32. The number of hydrogen-bond acceptors (Lipinski definition) is 4. The number of sulfone groups is 1. The van der Waals surface area contributed by atoms with Gasteiger partial charge in [0.2, 0.25) is 15.7 Å². The maximum atomic E-state index is 12.6. The van der Waals surface area contributed by atoms with Crippen LogP contribution in [0.4, 0.5) is 5.69 Å². The molecule has 0 saturated heterocycles. The zero-order valence-corrected chi connectivity index (χ0v) is 13.4. The fourth-order valence-corrected chi connectivity index (χ4v) is 3.37. The second-order valence-electron chi connectivity index (χ2n) is 4.77. The molecule has 3 N–H and O–H groups in total. The molecule has 2 rings (SSSR count). The Morgan fingerprint density at radius 2 is 1.73 bits per heavy atom. The molecule has 0 saturated carbocycles. The third kappa shape index (κ3) is 3.65. The van der Waals surface area contributed by atoms with E-state index in [0.717, 1.165) is 0 Å². The van der Waals surface area contributed by atoms with Crippen LogP contribution in [0, 0.1) is 0 Å². The van der Waals surface area contributed by atoms with Gasteiger partial charge in [0, 0.05) is 10.7 Å². The van der Waals surface area contributed by atoms with E-state index in [4.69, 9.17) is 17.3 Å². The number of anilines is 1. The molecule has 0 fully saturated rings. The van der Waals surface area contributed by atoms with Crippen molar-refractivity contribution in [2.75, 3.05) is 5.32 Å². The zero-order valence-electron chi connectivity index (χ0n) is 11.8. The average molecular weight is 339 g/mol. The molecule has 0 aliphatic heterocycles. The van der Waals surface area contributed by atoms with Gasteiger partial charge in [-0.3, -0.25) is 4.79 Å². The van der Waals surface area contributed by atoms with E-state index in [9.17, 15) is 13.2 Å². The Hall–Kier alpha value is -1.89. The lowest BCUT2D eigenvalue weighted by Gasteiger charge is -2.10. The molecule has 0 radical (unpaired) electrons. The second kappa shape index (κ2) is 6.48. The van der Waals surface area contributed by atoms with Crippen LogP contribution in [0.3, 0.4) is 0 Å². The van der Waals surface area contributed by atoms with Crippen molar-refractivity contribution >= 4 is 33.0 Å². The average Bonchev–Trinajstić information content (AvgIpc) is 2.47. The van der Waals surface area contributed by atoms with Crippen LogP contribution in [0.1, 0.15) is 6.92 Å². The third-order valence-corrected chi connectivity index (χ3v) is 4.92. The van der Waals surface area contributed by atoms with Gasteiger partial charge in [0.05, 0.1) is 15.8 Å². The van der Waals surface area contributed by atoms with Gasteiger partial charge in [0.25, 0.3) is 0 Å². The largest absolute Gasteiger partial charge is 0.325 e. The van der Waals surface area contributed by atoms with Crippen molar-refractivity contribution in [2.24, 2.45) is 5.73 Å². The van der Waals surface area contributed by atoms with Crippen LogP contribution in [0.5, 0.6) is 0 Å². The number of nitrogens with one attached hydrogen (secondary N) is 1. The zero-order chi connectivity index (χ0) is 16.3. The van der Waals surface area contributed by atoms with Crippen LogP contribution in [-0.4, -0.2) is 20.4 Å². The van der Waals surface area contributed by atoms with Crippen LogP contribution in [-0.2, 0) is 14.6 Å². The van der Waals surface area contributed by atoms with Crippen molar-refractivity contribution in [1.82, 2.24) is 0 Å². The minimum Gasteiger partial charge on any atom is -0.325 e. The predicted octanol–water partition coefficient (Wildman–Crippen LogP) is 2.46. The van der Waals surface area contributed by atoms with Crippen molar-refractivity contribution in [2.45, 2.75) is 22.8 Å². The second-order valence-corrected chi connectivity index (χ2v) is 7.15. The molecule has 1 atom stereocenters. The molecule has 2 aromatic rings. The highest BCUT2D eigenvalue weighted by molar-refractivity contribution is 7.91. The van der Waals surface area contributed by atoms with E-state index in [0.29, 0.717) is 10.7 Å². The van der Waals surface area contributed by atoms with E-state index < -0.39 is 21.8 Å². The molecule has 22 heavy (non-hydrogen) atoms. The lowest BCUT2D eigenvalue weighted by molar-refractivity contribution is -0.117. The van der Waals surface area contributed by atoms with Crippen LogP contribution in [0.2, 0.25) is 5.02 Å². The first-order valence-electron chi connectivity index (χ1n) is 6.48. The number of halogens is 1. The molecule has 0 heterocycles. The Morgan fingerprint density at radius 1 is 1.14 bits per heavy atom. The van der Waals surface area contributed by atoms with Gasteiger partial charge in [-0.15, -0.1) is 0 Å². The van der Waals surface area contributed by atoms with E-state index in [1.807, 2.05) is 0 Å². The molecule has 0 aliphatic carbocycles. The van der Waals surface area contributed by atoms with Crippen LogP contribution >= 0.6 is 11.6 Å². The number of benzene rings is 2. The Bertz CT molecular complexity index is 804. The molecule has 0 aliphatic rings. The van der Waals surface area contributed by atoms with Crippen LogP contribution in [0.25, 0.3) is 0 Å². The normalized spacial score (nSPS) is 12.7. The van der Waals surface area contributed by atoms with Gasteiger partial charge >= 0.3 is 0 Å². The number of carbonyl (C=O) groups is 1. The Morgan fingerprint density at radius 3 is 2.32 bits per heavy atom. The Labute approximate surface area is 134 Å². The maximum absolute atomic E-state index is 12.6. The molecular formula is C15H15ClN2O3S. The Balaban J connectivity index is 2.38. The summed E-state index contributed by atoms with van der Waals surface area (Å²) >= 11 is 5.84. The number of amides is 1. The minimum absolute atomic E-state index is 0.0669. The van der Waals surface area contributed by atoms with Gasteiger partial charge in [0.1, 0.15) is 0 Å². The highest BCUT2D eigenvalue weighted by Gasteiger charge is 2.18. The summed E-state index contributed by atoms with van der Waals surface area (Å²) in [5.74, 6) is -0.391. The molecule has 2 aromatic carbocycles. The topological polar surface area (TPSA) is 89.3 Å². The first kappa shape index (κ1) is 16.5. The summed E-state index contributed by atoms with van der Waals surface area (Å²) in [6.45, 7) is 1.54. The SMILES string of the molecule is CC(N)C(=O)Nc1cccc(S(=O)(=O)c2cccc(Cl)c2)c1. The molecule has 5 nitrogen and oxygen atoms in total. The predicted molar refractivity (Wildman–Crippen MR) is 85.6 cm³/mol. The molecular weight excluding hydrogens is 324 g/mol. The minimum atomic E-state index is -3.71. The van der Waals surface area contributed by atoms with Gasteiger partial charge < -0.3 is 11.1 Å². The van der Waals surface area contributed by atoms with E-state index in [1.165, 1.54) is 24.3 Å². The summed E-state index contributed by atoms with van der Waals surface area (Å²) in [7, 11) is -3.71. The number of carbonyl (C=O) groups excluding carboxylic acids is 1. The molecule has 0 aromatic heterocycles. The first-order valence-corrected chi connectivity index (χ1v) is 8.34. The summed E-state index contributed by atoms with van der Waals surface area (Å²) in [5, 5.41) is 2.90. The first-order chi connectivity index (χ1) is 10.3. The van der Waals surface area contributed by atoms with Crippen molar-refractivity contribution in [1.29, 1.82) is 0 Å². The van der Waals surface area contributed by atoms with Gasteiger partial charge in [-0.05, 0) is 43.3 Å². The molecule has 0 bridgehead atoms. The molecule has 1 amide bonds. The van der Waals surface area contributed by atoms with Crippen molar-refractivity contribution in [3.63, 3.8) is 0 Å². The van der Waals surface area contributed by atoms with E-state index in [-0.39, 0.29) is 9.79 Å². The third-order valence-electron chi connectivity index (χ3n) is 2.93. The fraction of sp³-hybridized carbons (Fsp3) is 0.133. The van der Waals surface area contributed by atoms with Gasteiger partial charge in [-0.1, -0.05) is 23.7 Å². The molecule has 7 heteroatoms. The molecule has 116 valence electrons. The van der Waals surface area contributed by atoms with Crippen molar-refractivity contribution < 1.29 is 13.2 Å². The molecule has 1 unspecified atom stereocenters. The monoisotopic (exact) mass is 338 g/mol. The standard InChI is InChI=1S/C15H15ClN2O3S/c1-10(17)15(19)18-12-5-3-7-14(9-12)22(20,21)13-6-2-4-11(16)8-13/h2-10H,17H2,1H3,(H,18,19). The summed E-state index contributed by atoms with van der Waals surface area (Å²) in [6, 6.07) is 11.3. The van der Waals surface area contributed by atoms with E-state index in [1.54, 1.807) is 31.2 Å². The summed E-state index contributed by atoms with van der Waals surface area (Å²) in [4.78, 5) is 11.7. The van der Waals surface area contributed by atoms with Crippen molar-refractivity contribution in [3.8, 4) is 0 Å².